The molecule has 0 aromatic heterocycles. The lowest BCUT2D eigenvalue weighted by molar-refractivity contribution is 0.601. The van der Waals surface area contributed by atoms with Gasteiger partial charge in [0.05, 0.1) is 5.16 Å². The van der Waals surface area contributed by atoms with Gasteiger partial charge in [-0.25, -0.2) is 4.99 Å². The number of hydrogen-bond donors (Lipinski definition) is 0. The van der Waals surface area contributed by atoms with Crippen LogP contribution in [-0.2, 0) is 0 Å². The van der Waals surface area contributed by atoms with Crippen LogP contribution in [0.2, 0.25) is 0 Å². The lowest BCUT2D eigenvalue weighted by Gasteiger charge is -1.98. The quantitative estimate of drug-likeness (QED) is 0.235. The molecule has 0 N–H and O–H groups in total. The summed E-state index contributed by atoms with van der Waals surface area (Å²) in [6.45, 7) is 4.56. The summed E-state index contributed by atoms with van der Waals surface area (Å²) in [5, 5.41) is 2.38. The largest absolute Gasteiger partial charge is 0.233 e. The molecule has 0 saturated carbocycles. The second-order valence-electron chi connectivity index (χ2n) is 3.17. The van der Waals surface area contributed by atoms with Crippen molar-refractivity contribution in [3.63, 3.8) is 0 Å². The Morgan fingerprint density at radius 2 is 1.69 bits per heavy atom. The molecule has 0 rings (SSSR count). The molecule has 0 fully saturated rings. The number of unbranched alkanes of at least 4 members (excludes halogenated alkanes) is 6. The van der Waals surface area contributed by atoms with Crippen LogP contribution in [0.25, 0.3) is 0 Å². The summed E-state index contributed by atoms with van der Waals surface area (Å²) in [6.07, 6.45) is 10.9. The highest BCUT2D eigenvalue weighted by Crippen LogP contribution is 2.07. The van der Waals surface area contributed by atoms with Gasteiger partial charge in [0, 0.05) is 6.54 Å². The molecule has 0 heterocycles. The van der Waals surface area contributed by atoms with Gasteiger partial charge in [-0.2, -0.15) is 0 Å². The van der Waals surface area contributed by atoms with Gasteiger partial charge >= 0.3 is 0 Å². The Hall–Kier alpha value is -0.460. The van der Waals surface area contributed by atoms with Gasteiger partial charge < -0.3 is 0 Å². The zero-order chi connectivity index (χ0) is 9.78. The molecule has 2 heteroatoms. The highest BCUT2D eigenvalue weighted by molar-refractivity contribution is 7.78. The van der Waals surface area contributed by atoms with Crippen LogP contribution in [0.1, 0.15) is 44.9 Å². The first kappa shape index (κ1) is 12.5. The topological polar surface area (TPSA) is 12.4 Å². The predicted molar refractivity (Wildman–Crippen MR) is 62.4 cm³/mol. The lowest BCUT2D eigenvalue weighted by Crippen LogP contribution is -1.82. The van der Waals surface area contributed by atoms with E-state index in [1.165, 1.54) is 32.1 Å². The summed E-state index contributed by atoms with van der Waals surface area (Å²) in [6, 6.07) is 0. The first-order chi connectivity index (χ1) is 6.41. The molecular weight excluding hydrogens is 178 g/mol. The third-order valence-corrected chi connectivity index (χ3v) is 2.12. The molecule has 0 radical (unpaired) electrons. The normalized spacial score (nSPS) is 9.23. The average Bonchev–Trinajstić information content (AvgIpc) is 2.16. The van der Waals surface area contributed by atoms with Crippen molar-refractivity contribution in [1.82, 2.24) is 0 Å². The fraction of sp³-hybridized carbons (Fsp3) is 0.727. The number of hydrogen-bond acceptors (Lipinski definition) is 2. The molecule has 0 aliphatic heterocycles. The highest BCUT2D eigenvalue weighted by Gasteiger charge is 1.89. The monoisotopic (exact) mass is 197 g/mol. The molecule has 0 bridgehead atoms. The van der Waals surface area contributed by atoms with Gasteiger partial charge in [0.25, 0.3) is 0 Å². The zero-order valence-corrected chi connectivity index (χ0v) is 9.11. The van der Waals surface area contributed by atoms with Gasteiger partial charge in [0.15, 0.2) is 0 Å². The third-order valence-electron chi connectivity index (χ3n) is 1.99. The minimum absolute atomic E-state index is 0.857. The van der Waals surface area contributed by atoms with Crippen LogP contribution < -0.4 is 0 Å². The molecule has 0 atom stereocenters. The number of isothiocyanates is 1. The summed E-state index contributed by atoms with van der Waals surface area (Å²) < 4.78 is 0. The maximum atomic E-state index is 4.47. The number of nitrogens with zero attached hydrogens (tertiary/aromatic N) is 1. The van der Waals surface area contributed by atoms with Gasteiger partial charge in [0.2, 0.25) is 0 Å². The van der Waals surface area contributed by atoms with Gasteiger partial charge in [-0.15, -0.1) is 6.58 Å². The molecule has 0 aromatic rings. The standard InChI is InChI=1S/C11H19NS/c1-2-3-4-5-6-7-8-9-10-12-11-13/h2H,1,3-10H2. The smallest absolute Gasteiger partial charge is 0.0584 e. The van der Waals surface area contributed by atoms with E-state index in [9.17, 15) is 0 Å². The van der Waals surface area contributed by atoms with Gasteiger partial charge in [-0.3, -0.25) is 0 Å². The van der Waals surface area contributed by atoms with Crippen molar-refractivity contribution in [2.24, 2.45) is 4.99 Å². The molecule has 0 aliphatic carbocycles. The van der Waals surface area contributed by atoms with Crippen LogP contribution in [0.15, 0.2) is 17.6 Å². The van der Waals surface area contributed by atoms with Crippen molar-refractivity contribution in [1.29, 1.82) is 0 Å². The Bertz CT molecular complexity index is 159. The number of aliphatic imine (C=N–C) groups is 1. The molecule has 13 heavy (non-hydrogen) atoms. The highest BCUT2D eigenvalue weighted by atomic mass is 32.1. The summed E-state index contributed by atoms with van der Waals surface area (Å²) in [5.74, 6) is 0. The van der Waals surface area contributed by atoms with E-state index >= 15 is 0 Å². The van der Waals surface area contributed by atoms with E-state index < -0.39 is 0 Å². The van der Waals surface area contributed by atoms with Crippen LogP contribution in [-0.4, -0.2) is 11.7 Å². The Morgan fingerprint density at radius 3 is 2.31 bits per heavy atom. The van der Waals surface area contributed by atoms with Crippen molar-refractivity contribution >= 4 is 17.4 Å². The summed E-state index contributed by atoms with van der Waals surface area (Å²) in [7, 11) is 0. The number of rotatable bonds is 9. The van der Waals surface area contributed by atoms with Crippen molar-refractivity contribution in [3.8, 4) is 0 Å². The molecular formula is C11H19NS. The molecule has 74 valence electrons. The average molecular weight is 197 g/mol. The van der Waals surface area contributed by atoms with E-state index in [1.54, 1.807) is 0 Å². The molecule has 0 unspecified atom stereocenters. The van der Waals surface area contributed by atoms with Crippen LogP contribution in [0.5, 0.6) is 0 Å². The Balaban J connectivity index is 2.90. The SMILES string of the molecule is C=CCCCCCCCCN=C=S. The van der Waals surface area contributed by atoms with E-state index in [-0.39, 0.29) is 0 Å². The first-order valence-corrected chi connectivity index (χ1v) is 5.47. The van der Waals surface area contributed by atoms with Crippen molar-refractivity contribution in [2.45, 2.75) is 44.9 Å². The zero-order valence-electron chi connectivity index (χ0n) is 8.30. The maximum Gasteiger partial charge on any atom is 0.0584 e. The van der Waals surface area contributed by atoms with Crippen LogP contribution in [0.3, 0.4) is 0 Å². The summed E-state index contributed by atoms with van der Waals surface area (Å²) in [5.41, 5.74) is 0. The summed E-state index contributed by atoms with van der Waals surface area (Å²) in [4.78, 5) is 3.87. The molecule has 0 spiro atoms. The van der Waals surface area contributed by atoms with Crippen molar-refractivity contribution in [2.75, 3.05) is 6.54 Å². The van der Waals surface area contributed by atoms with Crippen LogP contribution in [0, 0.1) is 0 Å². The molecule has 1 nitrogen and oxygen atoms in total. The van der Waals surface area contributed by atoms with E-state index in [0.29, 0.717) is 0 Å². The van der Waals surface area contributed by atoms with Gasteiger partial charge in [0.1, 0.15) is 0 Å². The second kappa shape index (κ2) is 11.5. The lowest BCUT2D eigenvalue weighted by atomic mass is 10.1. The molecule has 0 aliphatic rings. The molecule has 0 aromatic carbocycles. The van der Waals surface area contributed by atoms with Gasteiger partial charge in [-0.05, 0) is 31.5 Å². The Kier molecular flexibility index (Phi) is 11.1. The fourth-order valence-electron chi connectivity index (χ4n) is 1.23. The minimum Gasteiger partial charge on any atom is -0.233 e. The first-order valence-electron chi connectivity index (χ1n) is 5.06. The van der Waals surface area contributed by atoms with E-state index in [2.05, 4.69) is 29.0 Å². The van der Waals surface area contributed by atoms with E-state index in [4.69, 9.17) is 0 Å². The minimum atomic E-state index is 0.857. The summed E-state index contributed by atoms with van der Waals surface area (Å²) >= 11 is 4.47. The predicted octanol–water partition coefficient (Wildman–Crippen LogP) is 4.01. The van der Waals surface area contributed by atoms with Crippen LogP contribution >= 0.6 is 12.2 Å². The van der Waals surface area contributed by atoms with E-state index in [0.717, 1.165) is 19.4 Å². The van der Waals surface area contributed by atoms with Crippen LogP contribution in [0.4, 0.5) is 0 Å². The third kappa shape index (κ3) is 11.5. The number of allylic oxidation sites excluding steroid dienone is 1. The fourth-order valence-corrected chi connectivity index (χ4v) is 1.32. The Labute approximate surface area is 87.0 Å². The maximum absolute atomic E-state index is 4.47. The number of thiocarbonyl (C=S) groups is 1. The van der Waals surface area contributed by atoms with Crippen molar-refractivity contribution in [3.05, 3.63) is 12.7 Å². The Morgan fingerprint density at radius 1 is 1.08 bits per heavy atom. The van der Waals surface area contributed by atoms with E-state index in [1.807, 2.05) is 6.08 Å². The molecule has 0 saturated heterocycles. The van der Waals surface area contributed by atoms with Crippen molar-refractivity contribution < 1.29 is 0 Å². The van der Waals surface area contributed by atoms with Gasteiger partial charge in [-0.1, -0.05) is 31.8 Å². The molecule has 0 amide bonds. The second-order valence-corrected chi connectivity index (χ2v) is 3.35.